The van der Waals surface area contributed by atoms with E-state index < -0.39 is 11.8 Å². The highest BCUT2D eigenvalue weighted by Gasteiger charge is 2.07. The number of ether oxygens (including phenoxy) is 2. The van der Waals surface area contributed by atoms with Crippen molar-refractivity contribution >= 4 is 18.0 Å². The molecule has 1 rings (SSSR count). The van der Waals surface area contributed by atoms with E-state index in [1.807, 2.05) is 12.3 Å². The van der Waals surface area contributed by atoms with Crippen molar-refractivity contribution in [1.82, 2.24) is 5.43 Å². The maximum absolute atomic E-state index is 10.9. The van der Waals surface area contributed by atoms with Gasteiger partial charge in [0.1, 0.15) is 6.61 Å². The van der Waals surface area contributed by atoms with Crippen LogP contribution >= 0.6 is 0 Å². The SMILES string of the molecule is C#CCOc1ccc(/C=N\NC(=O)C(N)=O)cc1OCC. The van der Waals surface area contributed by atoms with Gasteiger partial charge >= 0.3 is 11.8 Å². The van der Waals surface area contributed by atoms with Gasteiger partial charge in [0.25, 0.3) is 0 Å². The van der Waals surface area contributed by atoms with Crippen LogP contribution in [-0.4, -0.2) is 31.2 Å². The number of hydrazone groups is 1. The summed E-state index contributed by atoms with van der Waals surface area (Å²) in [5.74, 6) is 1.26. The van der Waals surface area contributed by atoms with Gasteiger partial charge in [-0.1, -0.05) is 5.92 Å². The third-order valence-corrected chi connectivity index (χ3v) is 2.18. The van der Waals surface area contributed by atoms with Crippen LogP contribution in [0.4, 0.5) is 0 Å². The van der Waals surface area contributed by atoms with Crippen molar-refractivity contribution in [3.05, 3.63) is 23.8 Å². The van der Waals surface area contributed by atoms with Crippen LogP contribution in [0.25, 0.3) is 0 Å². The second-order valence-electron chi connectivity index (χ2n) is 3.70. The van der Waals surface area contributed by atoms with Crippen LogP contribution in [0.1, 0.15) is 12.5 Å². The molecule has 7 nitrogen and oxygen atoms in total. The number of primary amides is 1. The minimum absolute atomic E-state index is 0.127. The van der Waals surface area contributed by atoms with Crippen molar-refractivity contribution in [1.29, 1.82) is 0 Å². The summed E-state index contributed by atoms with van der Waals surface area (Å²) in [6, 6.07) is 5.02. The maximum atomic E-state index is 10.9. The lowest BCUT2D eigenvalue weighted by Crippen LogP contribution is -2.32. The zero-order valence-electron chi connectivity index (χ0n) is 11.5. The molecule has 110 valence electrons. The van der Waals surface area contributed by atoms with Gasteiger partial charge in [-0.3, -0.25) is 9.59 Å². The van der Waals surface area contributed by atoms with Gasteiger partial charge < -0.3 is 15.2 Å². The summed E-state index contributed by atoms with van der Waals surface area (Å²) in [7, 11) is 0. The highest BCUT2D eigenvalue weighted by atomic mass is 16.5. The number of nitrogens with two attached hydrogens (primary N) is 1. The van der Waals surface area contributed by atoms with E-state index in [2.05, 4.69) is 11.0 Å². The lowest BCUT2D eigenvalue weighted by molar-refractivity contribution is -0.137. The average molecular weight is 289 g/mol. The van der Waals surface area contributed by atoms with E-state index >= 15 is 0 Å². The summed E-state index contributed by atoms with van der Waals surface area (Å²) in [5, 5.41) is 3.60. The minimum Gasteiger partial charge on any atom is -0.490 e. The van der Waals surface area contributed by atoms with Gasteiger partial charge in [0, 0.05) is 0 Å². The number of hydrogen-bond acceptors (Lipinski definition) is 5. The third kappa shape index (κ3) is 5.24. The van der Waals surface area contributed by atoms with Crippen LogP contribution in [0.15, 0.2) is 23.3 Å². The third-order valence-electron chi connectivity index (χ3n) is 2.18. The highest BCUT2D eigenvalue weighted by Crippen LogP contribution is 2.27. The van der Waals surface area contributed by atoms with Crippen molar-refractivity contribution in [2.45, 2.75) is 6.92 Å². The van der Waals surface area contributed by atoms with Crippen molar-refractivity contribution in [2.75, 3.05) is 13.2 Å². The molecule has 0 saturated heterocycles. The molecule has 0 radical (unpaired) electrons. The van der Waals surface area contributed by atoms with Crippen LogP contribution in [0.2, 0.25) is 0 Å². The molecule has 1 aromatic rings. The fourth-order valence-corrected chi connectivity index (χ4v) is 1.33. The summed E-state index contributed by atoms with van der Waals surface area (Å²) < 4.78 is 10.8. The Bertz CT molecular complexity index is 590. The second-order valence-corrected chi connectivity index (χ2v) is 3.70. The van der Waals surface area contributed by atoms with Crippen molar-refractivity contribution in [3.63, 3.8) is 0 Å². The number of rotatable bonds is 6. The lowest BCUT2D eigenvalue weighted by Gasteiger charge is -2.10. The molecule has 0 heterocycles. The molecule has 3 N–H and O–H groups in total. The van der Waals surface area contributed by atoms with Gasteiger partial charge in [0.05, 0.1) is 12.8 Å². The maximum Gasteiger partial charge on any atom is 0.329 e. The summed E-state index contributed by atoms with van der Waals surface area (Å²) in [6.45, 7) is 2.41. The Kier molecular flexibility index (Phi) is 6.28. The lowest BCUT2D eigenvalue weighted by atomic mass is 10.2. The van der Waals surface area contributed by atoms with Crippen molar-refractivity contribution in [2.24, 2.45) is 10.8 Å². The smallest absolute Gasteiger partial charge is 0.329 e. The number of hydrogen-bond donors (Lipinski definition) is 2. The molecule has 0 saturated carbocycles. The molecule has 21 heavy (non-hydrogen) atoms. The Morgan fingerprint density at radius 2 is 2.19 bits per heavy atom. The van der Waals surface area contributed by atoms with E-state index in [-0.39, 0.29) is 6.61 Å². The monoisotopic (exact) mass is 289 g/mol. The van der Waals surface area contributed by atoms with Gasteiger partial charge in [0.15, 0.2) is 11.5 Å². The highest BCUT2D eigenvalue weighted by molar-refractivity contribution is 6.34. The van der Waals surface area contributed by atoms with E-state index in [4.69, 9.17) is 21.6 Å². The number of amides is 2. The zero-order chi connectivity index (χ0) is 15.7. The second kappa shape index (κ2) is 8.22. The minimum atomic E-state index is -1.11. The van der Waals surface area contributed by atoms with E-state index in [9.17, 15) is 9.59 Å². The predicted molar refractivity (Wildman–Crippen MR) is 76.9 cm³/mol. The summed E-state index contributed by atoms with van der Waals surface area (Å²) in [4.78, 5) is 21.4. The van der Waals surface area contributed by atoms with Gasteiger partial charge in [0.2, 0.25) is 0 Å². The normalized spacial score (nSPS) is 9.90. The summed E-state index contributed by atoms with van der Waals surface area (Å²) in [5.41, 5.74) is 7.39. The molecule has 1 aromatic carbocycles. The molecule has 7 heteroatoms. The molecule has 0 aliphatic carbocycles. The molecule has 0 aliphatic rings. The Balaban J connectivity index is 2.82. The molecular formula is C14H15N3O4. The standard InChI is InChI=1S/C14H15N3O4/c1-3-7-21-11-6-5-10(8-12(11)20-4-2)9-16-17-14(19)13(15)18/h1,5-6,8-9H,4,7H2,2H3,(H2,15,18)(H,17,19)/b16-9-. The van der Waals surface area contributed by atoms with Crippen molar-refractivity contribution < 1.29 is 19.1 Å². The molecule has 0 bridgehead atoms. The average Bonchev–Trinajstić information content (AvgIpc) is 2.46. The van der Waals surface area contributed by atoms with Crippen LogP contribution in [0, 0.1) is 12.3 Å². The number of terminal acetylenes is 1. The Labute approximate surface area is 122 Å². The number of nitrogens with one attached hydrogen (secondary N) is 1. The fourth-order valence-electron chi connectivity index (χ4n) is 1.33. The first kappa shape index (κ1) is 16.0. The molecule has 0 atom stereocenters. The first-order chi connectivity index (χ1) is 10.1. The topological polar surface area (TPSA) is 103 Å². The number of benzene rings is 1. The molecule has 0 fully saturated rings. The number of carbonyl (C=O) groups excluding carboxylic acids is 2. The Morgan fingerprint density at radius 3 is 2.81 bits per heavy atom. The van der Waals surface area contributed by atoms with E-state index in [1.165, 1.54) is 6.21 Å². The number of carbonyl (C=O) groups is 2. The zero-order valence-corrected chi connectivity index (χ0v) is 11.5. The Hall–Kier alpha value is -3.01. The molecular weight excluding hydrogens is 274 g/mol. The van der Waals surface area contributed by atoms with Gasteiger partial charge in [-0.15, -0.1) is 6.42 Å². The van der Waals surface area contributed by atoms with Gasteiger partial charge in [-0.2, -0.15) is 5.10 Å². The molecule has 0 unspecified atom stereocenters. The Morgan fingerprint density at radius 1 is 1.43 bits per heavy atom. The number of nitrogens with zero attached hydrogens (tertiary/aromatic N) is 1. The van der Waals surface area contributed by atoms with Crippen molar-refractivity contribution in [3.8, 4) is 23.8 Å². The molecule has 0 aliphatic heterocycles. The summed E-state index contributed by atoms with van der Waals surface area (Å²) >= 11 is 0. The molecule has 2 amide bonds. The van der Waals surface area contributed by atoms with Crippen LogP contribution in [0.3, 0.4) is 0 Å². The van der Waals surface area contributed by atoms with E-state index in [1.54, 1.807) is 18.2 Å². The fraction of sp³-hybridized carbons (Fsp3) is 0.214. The van der Waals surface area contributed by atoms with E-state index in [0.29, 0.717) is 23.7 Å². The molecule has 0 spiro atoms. The first-order valence-electron chi connectivity index (χ1n) is 6.04. The van der Waals surface area contributed by atoms with Crippen LogP contribution in [0.5, 0.6) is 11.5 Å². The van der Waals surface area contributed by atoms with Crippen LogP contribution in [-0.2, 0) is 9.59 Å². The largest absolute Gasteiger partial charge is 0.490 e. The van der Waals surface area contributed by atoms with Gasteiger partial charge in [-0.25, -0.2) is 5.43 Å². The quantitative estimate of drug-likeness (QED) is 0.334. The van der Waals surface area contributed by atoms with Gasteiger partial charge in [-0.05, 0) is 30.7 Å². The predicted octanol–water partition coefficient (Wildman–Crippen LogP) is 0.0327. The summed E-state index contributed by atoms with van der Waals surface area (Å²) in [6.07, 6.45) is 6.48. The first-order valence-corrected chi connectivity index (χ1v) is 6.04. The van der Waals surface area contributed by atoms with Crippen LogP contribution < -0.4 is 20.6 Å². The van der Waals surface area contributed by atoms with E-state index in [0.717, 1.165) is 0 Å². The molecule has 0 aromatic heterocycles.